The summed E-state index contributed by atoms with van der Waals surface area (Å²) in [5, 5.41) is 22.2. The molecule has 3 heterocycles. The summed E-state index contributed by atoms with van der Waals surface area (Å²) in [6.45, 7) is 4.63. The number of alkyl carbamates (subject to hydrolysis) is 1. The molecule has 2 amide bonds. The molecule has 7 rings (SSSR count). The summed E-state index contributed by atoms with van der Waals surface area (Å²) in [6, 6.07) is 8.83. The quantitative estimate of drug-likeness (QED) is 0.132. The SMILES string of the molecule is CC(C)(C)C[C@]1(c2ccc(-c3ccn(C4CC4)n3)cc2F)NC(=N)N([C@H](COC(=O)NC2(C(F)(F)F)CC2)c2ccc(Cl)c(-n3ncnc3C(F)F)c2)C1=O. The molecule has 2 atom stereocenters. The predicted molar refractivity (Wildman–Crippen MR) is 186 cm³/mol. The highest BCUT2D eigenvalue weighted by molar-refractivity contribution is 6.32. The van der Waals surface area contributed by atoms with Crippen LogP contribution in [0, 0.1) is 16.6 Å². The van der Waals surface area contributed by atoms with Gasteiger partial charge in [0.2, 0.25) is 0 Å². The molecule has 1 saturated heterocycles. The van der Waals surface area contributed by atoms with Crippen molar-refractivity contribution in [2.75, 3.05) is 6.61 Å². The van der Waals surface area contributed by atoms with Crippen molar-refractivity contribution < 1.29 is 40.7 Å². The van der Waals surface area contributed by atoms with Crippen molar-refractivity contribution in [1.29, 1.82) is 5.41 Å². The molecular weight excluding hydrogens is 756 g/mol. The van der Waals surface area contributed by atoms with Crippen molar-refractivity contribution in [2.24, 2.45) is 5.41 Å². The van der Waals surface area contributed by atoms with E-state index in [-0.39, 0.29) is 41.1 Å². The molecule has 2 aromatic carbocycles. The minimum Gasteiger partial charge on any atom is -0.447 e. The second kappa shape index (κ2) is 13.6. The maximum atomic E-state index is 16.4. The van der Waals surface area contributed by atoms with E-state index in [9.17, 15) is 31.5 Å². The zero-order valence-electron chi connectivity index (χ0n) is 29.7. The van der Waals surface area contributed by atoms with Crippen molar-refractivity contribution in [1.82, 2.24) is 40.1 Å². The number of guanidine groups is 1. The van der Waals surface area contributed by atoms with Crippen LogP contribution in [0.1, 0.15) is 88.3 Å². The highest BCUT2D eigenvalue weighted by Gasteiger charge is 2.65. The van der Waals surface area contributed by atoms with Gasteiger partial charge in [-0.1, -0.05) is 50.6 Å². The fourth-order valence-electron chi connectivity index (χ4n) is 6.96. The number of hydrogen-bond acceptors (Lipinski definition) is 7. The second-order valence-corrected chi connectivity index (χ2v) is 15.7. The molecular formula is C36H36ClF6N9O3. The number of alkyl halides is 5. The van der Waals surface area contributed by atoms with Gasteiger partial charge in [0.1, 0.15) is 29.8 Å². The number of halogens is 7. The standard InChI is InChI=1S/C36H36ClF6N9O3/c1-33(2,3)17-35(22-8-4-19(14-24(22)38)25-10-13-50(49-25)21-6-7-21)30(53)51(31(44)47-35)27(16-55-32(54)48-34(11-12-34)36(41,42)43)20-5-9-23(37)26(15-20)52-29(28(39)40)45-18-46-52/h4-5,8-10,13-15,18,21,27-28H,6-7,11-12,16-17H2,1-3H3,(H2,44,47)(H,48,54)/t27-,35-/m1/s1. The number of carbonyl (C=O) groups is 2. The second-order valence-electron chi connectivity index (χ2n) is 15.3. The van der Waals surface area contributed by atoms with E-state index in [1.165, 1.54) is 30.3 Å². The Morgan fingerprint density at radius 3 is 2.47 bits per heavy atom. The smallest absolute Gasteiger partial charge is 0.411 e. The van der Waals surface area contributed by atoms with E-state index in [0.717, 1.165) is 28.8 Å². The molecule has 292 valence electrons. The van der Waals surface area contributed by atoms with Gasteiger partial charge in [-0.3, -0.25) is 19.8 Å². The number of ether oxygens (including phenoxy) is 1. The Balaban J connectivity index is 1.28. The van der Waals surface area contributed by atoms with Crippen molar-refractivity contribution in [2.45, 2.75) is 88.6 Å². The van der Waals surface area contributed by atoms with Crippen LogP contribution in [0.4, 0.5) is 31.1 Å². The lowest BCUT2D eigenvalue weighted by atomic mass is 9.75. The first-order valence-electron chi connectivity index (χ1n) is 17.4. The third-order valence-electron chi connectivity index (χ3n) is 9.88. The van der Waals surface area contributed by atoms with Crippen LogP contribution in [0.15, 0.2) is 55.0 Å². The Labute approximate surface area is 315 Å². The average Bonchev–Trinajstić information content (AvgIpc) is 3.97. The molecule has 4 aromatic rings. The van der Waals surface area contributed by atoms with E-state index >= 15 is 4.39 Å². The topological polar surface area (TPSA) is 143 Å². The van der Waals surface area contributed by atoms with Gasteiger partial charge in [0, 0.05) is 17.3 Å². The predicted octanol–water partition coefficient (Wildman–Crippen LogP) is 7.76. The number of benzene rings is 2. The van der Waals surface area contributed by atoms with E-state index in [0.29, 0.717) is 17.3 Å². The van der Waals surface area contributed by atoms with Gasteiger partial charge >= 0.3 is 12.3 Å². The van der Waals surface area contributed by atoms with E-state index in [4.69, 9.17) is 21.7 Å². The first-order valence-corrected chi connectivity index (χ1v) is 17.8. The highest BCUT2D eigenvalue weighted by Crippen LogP contribution is 2.49. The van der Waals surface area contributed by atoms with Gasteiger partial charge in [-0.05, 0) is 67.3 Å². The fourth-order valence-corrected chi connectivity index (χ4v) is 7.16. The third-order valence-corrected chi connectivity index (χ3v) is 10.2. The van der Waals surface area contributed by atoms with Crippen molar-refractivity contribution in [3.05, 3.63) is 82.8 Å². The van der Waals surface area contributed by atoms with E-state index in [2.05, 4.69) is 20.5 Å². The first kappa shape index (κ1) is 38.2. The van der Waals surface area contributed by atoms with Crippen molar-refractivity contribution >= 4 is 29.6 Å². The van der Waals surface area contributed by atoms with Gasteiger partial charge < -0.3 is 15.4 Å². The molecule has 3 fully saturated rings. The summed E-state index contributed by atoms with van der Waals surface area (Å²) in [5.74, 6) is -2.92. The zero-order valence-corrected chi connectivity index (χ0v) is 30.5. The number of amides is 2. The highest BCUT2D eigenvalue weighted by atomic mass is 35.5. The van der Waals surface area contributed by atoms with E-state index < -0.39 is 71.3 Å². The lowest BCUT2D eigenvalue weighted by Gasteiger charge is -2.35. The monoisotopic (exact) mass is 791 g/mol. The number of carbonyl (C=O) groups excluding carboxylic acids is 2. The van der Waals surface area contributed by atoms with Gasteiger partial charge in [-0.25, -0.2) is 27.6 Å². The van der Waals surface area contributed by atoms with Gasteiger partial charge in [0.15, 0.2) is 11.8 Å². The van der Waals surface area contributed by atoms with Gasteiger partial charge in [0.25, 0.3) is 12.3 Å². The zero-order chi connectivity index (χ0) is 39.7. The summed E-state index contributed by atoms with van der Waals surface area (Å²) in [6.07, 6.45) is -5.33. The van der Waals surface area contributed by atoms with Crippen LogP contribution >= 0.6 is 11.6 Å². The van der Waals surface area contributed by atoms with Crippen LogP contribution in [0.2, 0.25) is 5.02 Å². The molecule has 3 N–H and O–H groups in total. The molecule has 2 aliphatic carbocycles. The Kier molecular flexibility index (Phi) is 9.41. The Morgan fingerprint density at radius 1 is 1.13 bits per heavy atom. The summed E-state index contributed by atoms with van der Waals surface area (Å²) in [4.78, 5) is 32.3. The molecule has 12 nitrogen and oxygen atoms in total. The molecule has 0 unspecified atom stereocenters. The molecule has 55 heavy (non-hydrogen) atoms. The third kappa shape index (κ3) is 7.23. The number of rotatable bonds is 11. The van der Waals surface area contributed by atoms with Crippen molar-refractivity contribution in [3.63, 3.8) is 0 Å². The minimum atomic E-state index is -4.75. The summed E-state index contributed by atoms with van der Waals surface area (Å²) < 4.78 is 93.1. The van der Waals surface area contributed by atoms with E-state index in [1.807, 2.05) is 37.0 Å². The first-order chi connectivity index (χ1) is 25.8. The van der Waals surface area contributed by atoms with Gasteiger partial charge in [0.05, 0.1) is 28.5 Å². The van der Waals surface area contributed by atoms with Gasteiger partial charge in [-0.15, -0.1) is 0 Å². The largest absolute Gasteiger partial charge is 0.447 e. The molecule has 0 bridgehead atoms. The molecule has 0 radical (unpaired) electrons. The normalized spacial score (nSPS) is 20.2. The van der Waals surface area contributed by atoms with Crippen LogP contribution in [0.25, 0.3) is 16.9 Å². The number of hydrogen-bond donors (Lipinski definition) is 3. The minimum absolute atomic E-state index is 0.0466. The van der Waals surface area contributed by atoms with E-state index in [1.54, 1.807) is 12.1 Å². The number of nitrogens with one attached hydrogen (secondary N) is 3. The van der Waals surface area contributed by atoms with Crippen LogP contribution in [0.5, 0.6) is 0 Å². The lowest BCUT2D eigenvalue weighted by Crippen LogP contribution is -2.49. The maximum absolute atomic E-state index is 16.4. The van der Waals surface area contributed by atoms with Crippen LogP contribution < -0.4 is 10.6 Å². The van der Waals surface area contributed by atoms with Gasteiger partial charge in [-0.2, -0.15) is 23.4 Å². The Morgan fingerprint density at radius 2 is 1.85 bits per heavy atom. The molecule has 2 saturated carbocycles. The molecule has 19 heteroatoms. The van der Waals surface area contributed by atoms with Crippen molar-refractivity contribution in [3.8, 4) is 16.9 Å². The summed E-state index contributed by atoms with van der Waals surface area (Å²) >= 11 is 6.41. The molecule has 1 aliphatic heterocycles. The number of aromatic nitrogens is 5. The lowest BCUT2D eigenvalue weighted by molar-refractivity contribution is -0.164. The Hall–Kier alpha value is -5.13. The van der Waals surface area contributed by atoms with Crippen LogP contribution in [0.3, 0.4) is 0 Å². The van der Waals surface area contributed by atoms with Crippen LogP contribution in [-0.4, -0.2) is 65.7 Å². The molecule has 2 aromatic heterocycles. The molecule has 3 aliphatic rings. The molecule has 0 spiro atoms. The van der Waals surface area contributed by atoms with Crippen LogP contribution in [-0.2, 0) is 15.1 Å². The summed E-state index contributed by atoms with van der Waals surface area (Å²) in [7, 11) is 0. The average molecular weight is 792 g/mol. The maximum Gasteiger partial charge on any atom is 0.411 e. The fraction of sp³-hybridized carbons (Fsp3) is 0.444. The summed E-state index contributed by atoms with van der Waals surface area (Å²) in [5.41, 5.74) is -4.20. The number of nitrogens with zero attached hydrogens (tertiary/aromatic N) is 6. The Bertz CT molecular complexity index is 2160.